The van der Waals surface area contributed by atoms with E-state index in [-0.39, 0.29) is 49.6 Å². The highest BCUT2D eigenvalue weighted by atomic mass is 16.4. The summed E-state index contributed by atoms with van der Waals surface area (Å²) >= 11 is 0. The molecule has 3 amide bonds. The molecule has 0 aromatic rings. The summed E-state index contributed by atoms with van der Waals surface area (Å²) in [7, 11) is 0. The minimum Gasteiger partial charge on any atom is -0.481 e. The predicted molar refractivity (Wildman–Crippen MR) is 67.5 cm³/mol. The van der Waals surface area contributed by atoms with Crippen LogP contribution >= 0.6 is 0 Å². The Kier molecular flexibility index (Phi) is 4.36. The highest BCUT2D eigenvalue weighted by Crippen LogP contribution is 2.25. The van der Waals surface area contributed by atoms with Crippen LogP contribution in [0.15, 0.2) is 0 Å². The number of hydrogen-bond acceptors (Lipinski definition) is 4. The van der Waals surface area contributed by atoms with Crippen molar-refractivity contribution >= 4 is 23.7 Å². The molecule has 0 radical (unpaired) electrons. The van der Waals surface area contributed by atoms with E-state index in [9.17, 15) is 19.2 Å². The van der Waals surface area contributed by atoms with E-state index in [2.05, 4.69) is 5.32 Å². The van der Waals surface area contributed by atoms with Crippen molar-refractivity contribution in [2.75, 3.05) is 6.54 Å². The van der Waals surface area contributed by atoms with E-state index in [1.165, 1.54) is 0 Å². The first kappa shape index (κ1) is 14.5. The van der Waals surface area contributed by atoms with Crippen molar-refractivity contribution in [3.8, 4) is 0 Å². The molecule has 2 atom stereocenters. The summed E-state index contributed by atoms with van der Waals surface area (Å²) in [6.07, 6.45) is 2.47. The van der Waals surface area contributed by atoms with Gasteiger partial charge < -0.3 is 10.4 Å². The Morgan fingerprint density at radius 3 is 2.45 bits per heavy atom. The van der Waals surface area contributed by atoms with Gasteiger partial charge in [-0.15, -0.1) is 0 Å². The normalized spacial score (nSPS) is 26.1. The number of nitrogens with one attached hydrogen (secondary N) is 1. The van der Waals surface area contributed by atoms with Crippen molar-refractivity contribution in [2.45, 2.75) is 44.6 Å². The summed E-state index contributed by atoms with van der Waals surface area (Å²) in [6, 6.07) is -0.343. The number of nitrogens with zero attached hydrogens (tertiary/aromatic N) is 1. The van der Waals surface area contributed by atoms with Crippen molar-refractivity contribution < 1.29 is 24.3 Å². The van der Waals surface area contributed by atoms with Gasteiger partial charge in [-0.05, 0) is 12.8 Å². The second-order valence-corrected chi connectivity index (χ2v) is 5.24. The Morgan fingerprint density at radius 1 is 1.20 bits per heavy atom. The third-order valence-corrected chi connectivity index (χ3v) is 3.90. The average Bonchev–Trinajstić information content (AvgIpc) is 2.95. The maximum Gasteiger partial charge on any atom is 0.308 e. The molecule has 2 fully saturated rings. The van der Waals surface area contributed by atoms with Crippen molar-refractivity contribution in [3.63, 3.8) is 0 Å². The van der Waals surface area contributed by atoms with E-state index in [0.717, 1.165) is 11.3 Å². The zero-order valence-corrected chi connectivity index (χ0v) is 11.1. The molecule has 1 aliphatic carbocycles. The summed E-state index contributed by atoms with van der Waals surface area (Å²) in [5, 5.41) is 11.7. The Labute approximate surface area is 116 Å². The molecule has 20 heavy (non-hydrogen) atoms. The van der Waals surface area contributed by atoms with Crippen LogP contribution < -0.4 is 5.32 Å². The van der Waals surface area contributed by atoms with Crippen LogP contribution in [-0.2, 0) is 19.2 Å². The third kappa shape index (κ3) is 3.15. The highest BCUT2D eigenvalue weighted by Gasteiger charge is 2.34. The topological polar surface area (TPSA) is 104 Å². The van der Waals surface area contributed by atoms with Gasteiger partial charge in [0.25, 0.3) is 0 Å². The fraction of sp³-hybridized carbons (Fsp3) is 0.692. The molecule has 2 N–H and O–H groups in total. The van der Waals surface area contributed by atoms with Crippen LogP contribution in [0.2, 0.25) is 0 Å². The maximum atomic E-state index is 11.8. The smallest absolute Gasteiger partial charge is 0.308 e. The van der Waals surface area contributed by atoms with Crippen LogP contribution in [0.3, 0.4) is 0 Å². The van der Waals surface area contributed by atoms with E-state index < -0.39 is 11.9 Å². The van der Waals surface area contributed by atoms with Crippen LogP contribution in [0.25, 0.3) is 0 Å². The van der Waals surface area contributed by atoms with Crippen molar-refractivity contribution in [1.82, 2.24) is 10.2 Å². The lowest BCUT2D eigenvalue weighted by Gasteiger charge is -2.19. The molecule has 0 aromatic carbocycles. The number of aliphatic carboxylic acids is 1. The van der Waals surface area contributed by atoms with Gasteiger partial charge in [0.05, 0.1) is 5.92 Å². The number of imide groups is 1. The molecule has 7 nitrogen and oxygen atoms in total. The molecule has 0 aromatic heterocycles. The molecule has 0 spiro atoms. The zero-order valence-electron chi connectivity index (χ0n) is 11.1. The van der Waals surface area contributed by atoms with Crippen molar-refractivity contribution in [1.29, 1.82) is 0 Å². The van der Waals surface area contributed by atoms with Gasteiger partial charge in [0.2, 0.25) is 17.7 Å². The van der Waals surface area contributed by atoms with E-state index in [1.807, 2.05) is 0 Å². The number of carbonyl (C=O) groups is 4. The zero-order chi connectivity index (χ0) is 14.7. The lowest BCUT2D eigenvalue weighted by atomic mass is 10.0. The molecule has 1 saturated carbocycles. The van der Waals surface area contributed by atoms with E-state index in [1.54, 1.807) is 0 Å². The quantitative estimate of drug-likeness (QED) is 0.685. The van der Waals surface area contributed by atoms with Gasteiger partial charge in [0.1, 0.15) is 0 Å². The number of rotatable bonds is 5. The van der Waals surface area contributed by atoms with Gasteiger partial charge in [-0.2, -0.15) is 0 Å². The monoisotopic (exact) mass is 282 g/mol. The number of amides is 3. The Bertz CT molecular complexity index is 432. The molecule has 1 saturated heterocycles. The van der Waals surface area contributed by atoms with Gasteiger partial charge >= 0.3 is 5.97 Å². The second kappa shape index (κ2) is 6.02. The molecule has 2 aliphatic rings. The van der Waals surface area contributed by atoms with E-state index in [0.29, 0.717) is 12.8 Å². The number of carboxylic acids is 1. The van der Waals surface area contributed by atoms with E-state index in [4.69, 9.17) is 5.11 Å². The highest BCUT2D eigenvalue weighted by molar-refractivity contribution is 6.02. The molecular weight excluding hydrogens is 264 g/mol. The summed E-state index contributed by atoms with van der Waals surface area (Å²) in [5.74, 6) is -2.22. The summed E-state index contributed by atoms with van der Waals surface area (Å²) in [6.45, 7) is 0.0773. The SMILES string of the molecule is O=C(CCN1C(=O)CCC1=O)NC1CCCC1C(=O)O. The number of carbonyl (C=O) groups excluding carboxylic acids is 3. The molecule has 2 rings (SSSR count). The molecule has 0 bridgehead atoms. The minimum atomic E-state index is -0.891. The minimum absolute atomic E-state index is 0.0281. The van der Waals surface area contributed by atoms with Gasteiger partial charge in [-0.3, -0.25) is 24.1 Å². The van der Waals surface area contributed by atoms with Crippen LogP contribution in [0, 0.1) is 5.92 Å². The van der Waals surface area contributed by atoms with Crippen LogP contribution in [0.5, 0.6) is 0 Å². The predicted octanol–water partition coefficient (Wildman–Crippen LogP) is -0.105. The molecular formula is C13H18N2O5. The van der Waals surface area contributed by atoms with Gasteiger partial charge in [0, 0.05) is 31.8 Å². The number of likely N-dealkylation sites (tertiary alicyclic amines) is 1. The van der Waals surface area contributed by atoms with Crippen molar-refractivity contribution in [2.24, 2.45) is 5.92 Å². The average molecular weight is 282 g/mol. The fourth-order valence-corrected chi connectivity index (χ4v) is 2.79. The van der Waals surface area contributed by atoms with Crippen LogP contribution in [0.4, 0.5) is 0 Å². The molecule has 110 valence electrons. The summed E-state index contributed by atoms with van der Waals surface area (Å²) in [5.41, 5.74) is 0. The lowest BCUT2D eigenvalue weighted by molar-refractivity contribution is -0.142. The Balaban J connectivity index is 1.79. The Morgan fingerprint density at radius 2 is 1.85 bits per heavy atom. The molecule has 7 heteroatoms. The molecule has 1 aliphatic heterocycles. The number of hydrogen-bond donors (Lipinski definition) is 2. The molecule has 2 unspecified atom stereocenters. The van der Waals surface area contributed by atoms with Gasteiger partial charge in [0.15, 0.2) is 0 Å². The second-order valence-electron chi connectivity index (χ2n) is 5.24. The lowest BCUT2D eigenvalue weighted by Crippen LogP contribution is -2.42. The van der Waals surface area contributed by atoms with Gasteiger partial charge in [-0.1, -0.05) is 6.42 Å². The molecule has 1 heterocycles. The first-order valence-electron chi connectivity index (χ1n) is 6.84. The van der Waals surface area contributed by atoms with Crippen molar-refractivity contribution in [3.05, 3.63) is 0 Å². The summed E-state index contributed by atoms with van der Waals surface area (Å²) < 4.78 is 0. The fourth-order valence-electron chi connectivity index (χ4n) is 2.79. The van der Waals surface area contributed by atoms with E-state index >= 15 is 0 Å². The standard InChI is InChI=1S/C13H18N2O5/c16-10(6-7-15-11(17)4-5-12(15)18)14-9-3-1-2-8(9)13(19)20/h8-9H,1-7H2,(H,14,16)(H,19,20). The number of carboxylic acid groups (broad SMARTS) is 1. The third-order valence-electron chi connectivity index (χ3n) is 3.90. The largest absolute Gasteiger partial charge is 0.481 e. The van der Waals surface area contributed by atoms with Crippen LogP contribution in [0.1, 0.15) is 38.5 Å². The van der Waals surface area contributed by atoms with Gasteiger partial charge in [-0.25, -0.2) is 0 Å². The summed E-state index contributed by atoms with van der Waals surface area (Å²) in [4.78, 5) is 46.6. The Hall–Kier alpha value is -1.92. The first-order valence-corrected chi connectivity index (χ1v) is 6.84. The maximum absolute atomic E-state index is 11.8. The van der Waals surface area contributed by atoms with Crippen LogP contribution in [-0.4, -0.2) is 46.3 Å². The first-order chi connectivity index (χ1) is 9.49.